The SMILES string of the molecule is COc1cc(CC(c2cc3c(c(-c4ccc(F)c(Cl)c4)n2)OCC3C(N)=O)C2CC2)cc2cc(Cl)c(C)nc12.NC=O. The molecular formula is C31H29Cl2FN4O4. The van der Waals surface area contributed by atoms with Crippen LogP contribution in [0.25, 0.3) is 22.2 Å². The topological polar surface area (TPSA) is 130 Å². The number of rotatable bonds is 7. The number of carbonyl (C=O) groups is 2. The van der Waals surface area contributed by atoms with E-state index in [-0.39, 0.29) is 24.0 Å². The van der Waals surface area contributed by atoms with E-state index in [0.717, 1.165) is 40.7 Å². The first kappa shape index (κ1) is 29.5. The van der Waals surface area contributed by atoms with Gasteiger partial charge in [0.15, 0.2) is 0 Å². The van der Waals surface area contributed by atoms with Crippen molar-refractivity contribution >= 4 is 46.4 Å². The number of ether oxygens (including phenoxy) is 2. The highest BCUT2D eigenvalue weighted by atomic mass is 35.5. The summed E-state index contributed by atoms with van der Waals surface area (Å²) in [6.07, 6.45) is 3.10. The van der Waals surface area contributed by atoms with E-state index in [4.69, 9.17) is 48.2 Å². The van der Waals surface area contributed by atoms with Crippen LogP contribution in [0.3, 0.4) is 0 Å². The molecule has 2 amide bonds. The third-order valence-electron chi connectivity index (χ3n) is 7.65. The van der Waals surface area contributed by atoms with Crippen LogP contribution in [0, 0.1) is 18.7 Å². The van der Waals surface area contributed by atoms with Crippen molar-refractivity contribution in [1.82, 2.24) is 9.97 Å². The first-order valence-corrected chi connectivity index (χ1v) is 14.1. The van der Waals surface area contributed by atoms with Crippen LogP contribution in [-0.4, -0.2) is 36.0 Å². The molecule has 42 heavy (non-hydrogen) atoms. The third-order valence-corrected chi connectivity index (χ3v) is 8.32. The van der Waals surface area contributed by atoms with Crippen molar-refractivity contribution in [2.24, 2.45) is 17.4 Å². The first-order valence-electron chi connectivity index (χ1n) is 13.4. The minimum absolute atomic E-state index is 0.0117. The molecule has 1 aliphatic carbocycles. The maximum atomic E-state index is 14.0. The summed E-state index contributed by atoms with van der Waals surface area (Å²) >= 11 is 12.5. The number of hydrogen-bond donors (Lipinski definition) is 2. The monoisotopic (exact) mass is 610 g/mol. The lowest BCUT2D eigenvalue weighted by atomic mass is 9.88. The predicted molar refractivity (Wildman–Crippen MR) is 160 cm³/mol. The Morgan fingerprint density at radius 2 is 1.90 bits per heavy atom. The molecule has 4 N–H and O–H groups in total. The minimum Gasteiger partial charge on any atom is -0.494 e. The van der Waals surface area contributed by atoms with Gasteiger partial charge in [0.2, 0.25) is 12.3 Å². The average Bonchev–Trinajstić information content (AvgIpc) is 3.71. The summed E-state index contributed by atoms with van der Waals surface area (Å²) in [6.45, 7) is 2.01. The Kier molecular flexibility index (Phi) is 8.52. The molecule has 8 nitrogen and oxygen atoms in total. The molecule has 4 aromatic rings. The Morgan fingerprint density at radius 1 is 1.17 bits per heavy atom. The number of aromatic nitrogens is 2. The van der Waals surface area contributed by atoms with Crippen molar-refractivity contribution in [1.29, 1.82) is 0 Å². The van der Waals surface area contributed by atoms with E-state index in [0.29, 0.717) is 45.7 Å². The number of methoxy groups -OCH3 is 1. The van der Waals surface area contributed by atoms with Gasteiger partial charge in [0.25, 0.3) is 0 Å². The van der Waals surface area contributed by atoms with Crippen molar-refractivity contribution in [3.63, 3.8) is 0 Å². The van der Waals surface area contributed by atoms with Crippen LogP contribution < -0.4 is 20.9 Å². The fourth-order valence-electron chi connectivity index (χ4n) is 5.42. The predicted octanol–water partition coefficient (Wildman–Crippen LogP) is 5.86. The van der Waals surface area contributed by atoms with Crippen molar-refractivity contribution in [3.8, 4) is 22.8 Å². The molecule has 2 aromatic heterocycles. The van der Waals surface area contributed by atoms with Gasteiger partial charge in [-0.05, 0) is 80.1 Å². The molecule has 218 valence electrons. The zero-order chi connectivity index (χ0) is 30.1. The second-order valence-corrected chi connectivity index (χ2v) is 11.2. The van der Waals surface area contributed by atoms with Crippen LogP contribution >= 0.6 is 23.2 Å². The van der Waals surface area contributed by atoms with Gasteiger partial charge in [0.1, 0.15) is 41.1 Å². The molecule has 2 atom stereocenters. The zero-order valence-corrected chi connectivity index (χ0v) is 24.5. The van der Waals surface area contributed by atoms with Crippen molar-refractivity contribution < 1.29 is 23.5 Å². The van der Waals surface area contributed by atoms with Gasteiger partial charge < -0.3 is 20.9 Å². The molecule has 11 heteroatoms. The van der Waals surface area contributed by atoms with Gasteiger partial charge in [0, 0.05) is 28.1 Å². The Labute approximate surface area is 252 Å². The molecule has 1 fully saturated rings. The van der Waals surface area contributed by atoms with Gasteiger partial charge in [-0.2, -0.15) is 0 Å². The number of nitrogens with two attached hydrogens (primary N) is 2. The molecule has 0 bridgehead atoms. The smallest absolute Gasteiger partial charge is 0.228 e. The van der Waals surface area contributed by atoms with E-state index in [2.05, 4.69) is 16.8 Å². The van der Waals surface area contributed by atoms with Crippen LogP contribution in [-0.2, 0) is 16.0 Å². The maximum absolute atomic E-state index is 14.0. The molecule has 1 saturated carbocycles. The summed E-state index contributed by atoms with van der Waals surface area (Å²) in [6, 6.07) is 12.4. The second-order valence-electron chi connectivity index (χ2n) is 10.4. The molecule has 6 rings (SSSR count). The van der Waals surface area contributed by atoms with E-state index in [1.165, 1.54) is 12.1 Å². The van der Waals surface area contributed by atoms with E-state index >= 15 is 0 Å². The quantitative estimate of drug-likeness (QED) is 0.252. The molecule has 0 spiro atoms. The standard InChI is InChI=1S/C30H26Cl2FN3O3.CH3NO/c1-14-22(31)11-18-7-15(9-26(38-2)27(18)35-14)8-19(16-3-4-16)25-12-20-21(30(34)37)13-39-29(20)28(36-25)17-5-6-24(33)23(32)10-17;2-1-3/h5-7,9-12,16,19,21H,3-4,8,13H2,1-2H3,(H2,34,37);1H,(H2,2,3). The van der Waals surface area contributed by atoms with E-state index in [1.54, 1.807) is 13.2 Å². The van der Waals surface area contributed by atoms with Gasteiger partial charge in [0.05, 0.1) is 22.8 Å². The van der Waals surface area contributed by atoms with E-state index < -0.39 is 17.6 Å². The van der Waals surface area contributed by atoms with Crippen LogP contribution in [0.5, 0.6) is 11.5 Å². The molecule has 1 aliphatic heterocycles. The van der Waals surface area contributed by atoms with Crippen LogP contribution in [0.4, 0.5) is 4.39 Å². The lowest BCUT2D eigenvalue weighted by Gasteiger charge is -2.20. The molecule has 2 aromatic carbocycles. The molecule has 3 heterocycles. The van der Waals surface area contributed by atoms with Crippen LogP contribution in [0.15, 0.2) is 42.5 Å². The second kappa shape index (κ2) is 12.1. The average molecular weight is 612 g/mol. The van der Waals surface area contributed by atoms with Crippen molar-refractivity contribution in [3.05, 3.63) is 80.8 Å². The molecule has 0 saturated heterocycles. The first-order chi connectivity index (χ1) is 20.1. The van der Waals surface area contributed by atoms with Crippen LogP contribution in [0.2, 0.25) is 10.0 Å². The Hall–Kier alpha value is -3.95. The number of halogens is 3. The van der Waals surface area contributed by atoms with Gasteiger partial charge in [-0.1, -0.05) is 23.2 Å². The number of pyridine rings is 2. The maximum Gasteiger partial charge on any atom is 0.228 e. The largest absolute Gasteiger partial charge is 0.494 e. The number of nitrogens with zero attached hydrogens (tertiary/aromatic N) is 2. The molecule has 0 radical (unpaired) electrons. The number of aryl methyl sites for hydroxylation is 1. The van der Waals surface area contributed by atoms with Gasteiger partial charge in [-0.3, -0.25) is 9.59 Å². The van der Waals surface area contributed by atoms with Gasteiger partial charge in [-0.15, -0.1) is 0 Å². The summed E-state index contributed by atoms with van der Waals surface area (Å²) in [5.74, 6) is 0.0938. The highest BCUT2D eigenvalue weighted by Crippen LogP contribution is 2.48. The fourth-order valence-corrected chi connectivity index (χ4v) is 5.76. The minimum atomic E-state index is -0.589. The Bertz CT molecular complexity index is 1700. The van der Waals surface area contributed by atoms with E-state index in [1.807, 2.05) is 25.1 Å². The Morgan fingerprint density at radius 3 is 2.55 bits per heavy atom. The summed E-state index contributed by atoms with van der Waals surface area (Å²) in [7, 11) is 1.63. The number of benzene rings is 2. The third kappa shape index (κ3) is 5.84. The van der Waals surface area contributed by atoms with Crippen molar-refractivity contribution in [2.75, 3.05) is 13.7 Å². The summed E-state index contributed by atoms with van der Waals surface area (Å²) < 4.78 is 25.6. The highest BCUT2D eigenvalue weighted by molar-refractivity contribution is 6.32. The summed E-state index contributed by atoms with van der Waals surface area (Å²) in [4.78, 5) is 30.6. The number of fused-ring (bicyclic) bond motifs is 2. The van der Waals surface area contributed by atoms with E-state index in [9.17, 15) is 9.18 Å². The lowest BCUT2D eigenvalue weighted by Crippen LogP contribution is -2.22. The number of carbonyl (C=O) groups excluding carboxylic acids is 2. The number of hydrogen-bond acceptors (Lipinski definition) is 6. The summed E-state index contributed by atoms with van der Waals surface area (Å²) in [5, 5.41) is 1.49. The fraction of sp³-hybridized carbons (Fsp3) is 0.290. The van der Waals surface area contributed by atoms with Crippen molar-refractivity contribution in [2.45, 2.75) is 38.0 Å². The normalized spacial score (nSPS) is 16.2. The summed E-state index contributed by atoms with van der Waals surface area (Å²) in [5.41, 5.74) is 15.2. The molecule has 2 aliphatic rings. The zero-order valence-electron chi connectivity index (χ0n) is 23.0. The molecule has 2 unspecified atom stereocenters. The highest BCUT2D eigenvalue weighted by Gasteiger charge is 2.38. The number of amides is 2. The molecular weight excluding hydrogens is 582 g/mol. The Balaban J connectivity index is 0.00000113. The number of primary amides is 2. The van der Waals surface area contributed by atoms with Gasteiger partial charge in [-0.25, -0.2) is 14.4 Å². The van der Waals surface area contributed by atoms with Crippen LogP contribution in [0.1, 0.15) is 47.2 Å². The lowest BCUT2D eigenvalue weighted by molar-refractivity contribution is -0.119. The van der Waals surface area contributed by atoms with Gasteiger partial charge >= 0.3 is 0 Å².